The molecule has 0 amide bonds. The van der Waals surface area contributed by atoms with Gasteiger partial charge in [0.05, 0.1) is 0 Å². The molecule has 4 unspecified atom stereocenters. The van der Waals surface area contributed by atoms with E-state index < -0.39 is 0 Å². The number of hydrogen-bond donors (Lipinski definition) is 1. The van der Waals surface area contributed by atoms with Crippen molar-refractivity contribution in [3.8, 4) is 0 Å². The zero-order valence-electron chi connectivity index (χ0n) is 14.2. The summed E-state index contributed by atoms with van der Waals surface area (Å²) in [5.41, 5.74) is 0. The van der Waals surface area contributed by atoms with E-state index in [0.717, 1.165) is 35.2 Å². The topological polar surface area (TPSA) is 15.3 Å². The number of nitrogens with zero attached hydrogens (tertiary/aromatic N) is 1. The number of nitrogens with one attached hydrogen (secondary N) is 1. The molecule has 1 aliphatic heterocycles. The number of thioether (sulfide) groups is 1. The third-order valence-electron chi connectivity index (χ3n) is 6.07. The van der Waals surface area contributed by atoms with Crippen LogP contribution in [0.2, 0.25) is 0 Å². The van der Waals surface area contributed by atoms with Gasteiger partial charge in [-0.05, 0) is 57.1 Å². The summed E-state index contributed by atoms with van der Waals surface area (Å²) in [4.78, 5) is 2.74. The average Bonchev–Trinajstić information content (AvgIpc) is 2.86. The van der Waals surface area contributed by atoms with Crippen molar-refractivity contribution < 1.29 is 0 Å². The van der Waals surface area contributed by atoms with E-state index in [9.17, 15) is 0 Å². The molecule has 2 nitrogen and oxygen atoms in total. The molecular formula is C18H34N2S. The molecule has 0 aromatic rings. The van der Waals surface area contributed by atoms with E-state index in [1.807, 2.05) is 0 Å². The van der Waals surface area contributed by atoms with Crippen LogP contribution in [0.5, 0.6) is 0 Å². The van der Waals surface area contributed by atoms with Gasteiger partial charge in [-0.3, -0.25) is 0 Å². The Morgan fingerprint density at radius 2 is 1.71 bits per heavy atom. The van der Waals surface area contributed by atoms with Crippen LogP contribution in [0.1, 0.15) is 59.3 Å². The van der Waals surface area contributed by atoms with E-state index in [4.69, 9.17) is 0 Å². The minimum atomic E-state index is 0.726. The van der Waals surface area contributed by atoms with Gasteiger partial charge in [-0.1, -0.05) is 19.8 Å². The Kier molecular flexibility index (Phi) is 5.55. The number of likely N-dealkylation sites (tertiary alicyclic amines) is 1. The van der Waals surface area contributed by atoms with Crippen molar-refractivity contribution in [3.05, 3.63) is 0 Å². The van der Waals surface area contributed by atoms with Crippen molar-refractivity contribution in [1.82, 2.24) is 10.2 Å². The summed E-state index contributed by atoms with van der Waals surface area (Å²) in [6, 6.07) is 2.34. The lowest BCUT2D eigenvalue weighted by molar-refractivity contribution is 0.0255. The van der Waals surface area contributed by atoms with E-state index in [1.165, 1.54) is 57.4 Å². The zero-order valence-corrected chi connectivity index (χ0v) is 15.0. The van der Waals surface area contributed by atoms with Gasteiger partial charge in [-0.25, -0.2) is 0 Å². The summed E-state index contributed by atoms with van der Waals surface area (Å²) in [5.74, 6) is 3.10. The molecule has 4 atom stereocenters. The molecule has 0 spiro atoms. The molecule has 3 aliphatic rings. The fourth-order valence-electron chi connectivity index (χ4n) is 4.94. The quantitative estimate of drug-likeness (QED) is 0.832. The Morgan fingerprint density at radius 1 is 1.05 bits per heavy atom. The first-order chi connectivity index (χ1) is 10.2. The predicted octanol–water partition coefficient (Wildman–Crippen LogP) is 3.76. The van der Waals surface area contributed by atoms with Crippen LogP contribution in [-0.4, -0.2) is 47.1 Å². The van der Waals surface area contributed by atoms with Gasteiger partial charge in [0.2, 0.25) is 0 Å². The second-order valence-electron chi connectivity index (χ2n) is 7.72. The first-order valence-electron chi connectivity index (χ1n) is 9.30. The van der Waals surface area contributed by atoms with Crippen LogP contribution in [0, 0.1) is 11.8 Å². The van der Waals surface area contributed by atoms with Crippen LogP contribution in [0.25, 0.3) is 0 Å². The molecule has 3 fully saturated rings. The molecule has 3 rings (SSSR count). The maximum absolute atomic E-state index is 4.17. The smallest absolute Gasteiger partial charge is 0.0201 e. The number of piperidine rings is 1. The van der Waals surface area contributed by atoms with Gasteiger partial charge in [-0.15, -0.1) is 0 Å². The highest BCUT2D eigenvalue weighted by Gasteiger charge is 2.42. The first kappa shape index (κ1) is 16.1. The molecule has 2 bridgehead atoms. The number of fused-ring (bicyclic) bond motifs is 2. The Bertz CT molecular complexity index is 319. The summed E-state index contributed by atoms with van der Waals surface area (Å²) >= 11 is 2.20. The summed E-state index contributed by atoms with van der Waals surface area (Å²) < 4.78 is 0. The highest BCUT2D eigenvalue weighted by molar-refractivity contribution is 7.99. The second-order valence-corrected chi connectivity index (χ2v) is 9.24. The molecule has 0 aromatic heterocycles. The Morgan fingerprint density at radius 3 is 2.33 bits per heavy atom. The summed E-state index contributed by atoms with van der Waals surface area (Å²) in [6.07, 6.45) is 8.68. The second kappa shape index (κ2) is 7.23. The minimum absolute atomic E-state index is 0.726. The highest BCUT2D eigenvalue weighted by atomic mass is 32.2. The molecule has 0 radical (unpaired) electrons. The molecule has 122 valence electrons. The van der Waals surface area contributed by atoms with Crippen LogP contribution < -0.4 is 5.32 Å². The molecule has 3 heteroatoms. The van der Waals surface area contributed by atoms with Gasteiger partial charge >= 0.3 is 0 Å². The number of rotatable bonds is 5. The molecule has 21 heavy (non-hydrogen) atoms. The van der Waals surface area contributed by atoms with Crippen molar-refractivity contribution >= 4 is 11.8 Å². The molecule has 2 aliphatic carbocycles. The lowest BCUT2D eigenvalue weighted by Crippen LogP contribution is -2.60. The normalized spacial score (nSPS) is 40.9. The van der Waals surface area contributed by atoms with Crippen molar-refractivity contribution in [1.29, 1.82) is 0 Å². The van der Waals surface area contributed by atoms with Crippen LogP contribution in [-0.2, 0) is 0 Å². The summed E-state index contributed by atoms with van der Waals surface area (Å²) in [6.45, 7) is 9.73. The van der Waals surface area contributed by atoms with E-state index in [0.29, 0.717) is 0 Å². The van der Waals surface area contributed by atoms with E-state index in [-0.39, 0.29) is 0 Å². The van der Waals surface area contributed by atoms with Gasteiger partial charge in [0.15, 0.2) is 0 Å². The number of hydrogen-bond acceptors (Lipinski definition) is 3. The minimum Gasteiger partial charge on any atom is -0.309 e. The van der Waals surface area contributed by atoms with Crippen molar-refractivity contribution in [3.63, 3.8) is 0 Å². The fourth-order valence-corrected chi connectivity index (χ4v) is 6.15. The molecule has 1 heterocycles. The van der Waals surface area contributed by atoms with Gasteiger partial charge in [0.1, 0.15) is 0 Å². The van der Waals surface area contributed by atoms with Gasteiger partial charge in [-0.2, -0.15) is 11.8 Å². The molecule has 0 aromatic carbocycles. The monoisotopic (exact) mass is 310 g/mol. The van der Waals surface area contributed by atoms with Crippen LogP contribution in [0.3, 0.4) is 0 Å². The van der Waals surface area contributed by atoms with Crippen molar-refractivity contribution in [2.75, 3.05) is 18.8 Å². The highest BCUT2D eigenvalue weighted by Crippen LogP contribution is 2.38. The van der Waals surface area contributed by atoms with E-state index in [1.54, 1.807) is 0 Å². The molecule has 1 N–H and O–H groups in total. The van der Waals surface area contributed by atoms with E-state index in [2.05, 4.69) is 42.7 Å². The van der Waals surface area contributed by atoms with E-state index >= 15 is 0 Å². The lowest BCUT2D eigenvalue weighted by Gasteiger charge is -2.50. The maximum Gasteiger partial charge on any atom is 0.0201 e. The fraction of sp³-hybridized carbons (Fsp3) is 1.00. The largest absolute Gasteiger partial charge is 0.309 e. The van der Waals surface area contributed by atoms with Crippen molar-refractivity contribution in [2.45, 2.75) is 82.7 Å². The van der Waals surface area contributed by atoms with Crippen LogP contribution in [0.15, 0.2) is 0 Å². The Labute approximate surface area is 135 Å². The summed E-state index contributed by atoms with van der Waals surface area (Å²) in [7, 11) is 0. The predicted molar refractivity (Wildman–Crippen MR) is 94.0 cm³/mol. The maximum atomic E-state index is 4.17. The standard InChI is InChI=1S/C18H34N2S/c1-4-21-17-10-6-9-16(17)19-18-14-7-5-8-15(18)12-20(11-14)13(2)3/h13-19H,4-12H2,1-3H3. The lowest BCUT2D eigenvalue weighted by atomic mass is 9.73. The molecule has 2 saturated carbocycles. The van der Waals surface area contributed by atoms with Gasteiger partial charge in [0, 0.05) is 36.5 Å². The molecular weight excluding hydrogens is 276 g/mol. The Hall–Kier alpha value is 0.270. The third-order valence-corrected chi connectivity index (χ3v) is 7.40. The SMILES string of the molecule is CCSC1CCCC1NC1C2CCCC1CN(C(C)C)C2. The average molecular weight is 311 g/mol. The van der Waals surface area contributed by atoms with Crippen LogP contribution >= 0.6 is 11.8 Å². The van der Waals surface area contributed by atoms with Gasteiger partial charge in [0.25, 0.3) is 0 Å². The third kappa shape index (κ3) is 3.61. The zero-order chi connectivity index (χ0) is 14.8. The molecule has 1 saturated heterocycles. The van der Waals surface area contributed by atoms with Gasteiger partial charge < -0.3 is 10.2 Å². The van der Waals surface area contributed by atoms with Crippen LogP contribution in [0.4, 0.5) is 0 Å². The van der Waals surface area contributed by atoms with Crippen molar-refractivity contribution in [2.24, 2.45) is 11.8 Å². The first-order valence-corrected chi connectivity index (χ1v) is 10.4. The summed E-state index contributed by atoms with van der Waals surface area (Å²) in [5, 5.41) is 5.05. The Balaban J connectivity index is 1.62.